The van der Waals surface area contributed by atoms with Gasteiger partial charge in [-0.15, -0.1) is 0 Å². The highest BCUT2D eigenvalue weighted by Crippen LogP contribution is 2.24. The van der Waals surface area contributed by atoms with Crippen LogP contribution in [0.15, 0.2) is 30.6 Å². The van der Waals surface area contributed by atoms with E-state index in [1.165, 1.54) is 5.56 Å². The fraction of sp³-hybridized carbons (Fsp3) is 0.412. The van der Waals surface area contributed by atoms with Crippen LogP contribution in [0.25, 0.3) is 0 Å². The maximum absolute atomic E-state index is 6.09. The molecule has 0 bridgehead atoms. The predicted molar refractivity (Wildman–Crippen MR) is 85.1 cm³/mol. The topological polar surface area (TPSA) is 56.3 Å². The van der Waals surface area contributed by atoms with E-state index < -0.39 is 0 Å². The summed E-state index contributed by atoms with van der Waals surface area (Å²) in [7, 11) is 0. The molecule has 2 heterocycles. The molecule has 2 aromatic rings. The summed E-state index contributed by atoms with van der Waals surface area (Å²) in [5, 5.41) is 3.24. The van der Waals surface area contributed by atoms with Crippen molar-refractivity contribution in [3.05, 3.63) is 47.3 Å². The van der Waals surface area contributed by atoms with Gasteiger partial charge in [-0.05, 0) is 31.0 Å². The van der Waals surface area contributed by atoms with Crippen molar-refractivity contribution in [2.75, 3.05) is 18.5 Å². The van der Waals surface area contributed by atoms with E-state index in [2.05, 4.69) is 40.4 Å². The Morgan fingerprint density at radius 2 is 2.05 bits per heavy atom. The second-order valence-corrected chi connectivity index (χ2v) is 5.65. The Morgan fingerprint density at radius 1 is 1.23 bits per heavy atom. The number of anilines is 1. The maximum atomic E-state index is 6.09. The van der Waals surface area contributed by atoms with E-state index in [0.29, 0.717) is 19.1 Å². The van der Waals surface area contributed by atoms with E-state index in [9.17, 15) is 0 Å². The molecule has 1 aromatic carbocycles. The van der Waals surface area contributed by atoms with E-state index in [4.69, 9.17) is 9.47 Å². The molecule has 116 valence electrons. The Hall–Kier alpha value is -2.14. The molecule has 5 heteroatoms. The lowest BCUT2D eigenvalue weighted by molar-refractivity contribution is 0.140. The molecule has 1 aliphatic rings. The highest BCUT2D eigenvalue weighted by atomic mass is 16.5. The molecule has 1 N–H and O–H groups in total. The van der Waals surface area contributed by atoms with Gasteiger partial charge in [0, 0.05) is 30.9 Å². The molecule has 0 radical (unpaired) electrons. The zero-order valence-corrected chi connectivity index (χ0v) is 13.0. The van der Waals surface area contributed by atoms with Crippen molar-refractivity contribution in [2.45, 2.75) is 32.9 Å². The van der Waals surface area contributed by atoms with Gasteiger partial charge in [0.1, 0.15) is 11.9 Å². The van der Waals surface area contributed by atoms with Crippen LogP contribution in [-0.2, 0) is 11.3 Å². The molecule has 1 unspecified atom stereocenters. The lowest BCUT2D eigenvalue weighted by Crippen LogP contribution is -2.17. The van der Waals surface area contributed by atoms with Crippen LogP contribution >= 0.6 is 0 Å². The highest BCUT2D eigenvalue weighted by molar-refractivity contribution is 5.40. The van der Waals surface area contributed by atoms with E-state index >= 15 is 0 Å². The van der Waals surface area contributed by atoms with E-state index in [0.717, 1.165) is 29.9 Å². The summed E-state index contributed by atoms with van der Waals surface area (Å²) in [4.78, 5) is 8.52. The molecule has 1 atom stereocenters. The Kier molecular flexibility index (Phi) is 4.53. The van der Waals surface area contributed by atoms with Gasteiger partial charge < -0.3 is 14.8 Å². The molecule has 0 amide bonds. The fourth-order valence-electron chi connectivity index (χ4n) is 2.36. The summed E-state index contributed by atoms with van der Waals surface area (Å²) in [5.74, 6) is 1.54. The summed E-state index contributed by atoms with van der Waals surface area (Å²) < 4.78 is 11.5. The average Bonchev–Trinajstić information content (AvgIpc) is 3.01. The largest absolute Gasteiger partial charge is 0.488 e. The minimum atomic E-state index is 0.149. The zero-order valence-electron chi connectivity index (χ0n) is 13.0. The Balaban J connectivity index is 1.70. The number of benzene rings is 1. The first-order chi connectivity index (χ1) is 10.7. The number of aromatic nitrogens is 2. The number of aryl methyl sites for hydroxylation is 2. The Bertz CT molecular complexity index is 622. The number of hydrogen-bond donors (Lipinski definition) is 1. The van der Waals surface area contributed by atoms with Gasteiger partial charge in [-0.1, -0.05) is 12.1 Å². The average molecular weight is 299 g/mol. The van der Waals surface area contributed by atoms with Gasteiger partial charge in [-0.3, -0.25) is 0 Å². The van der Waals surface area contributed by atoms with Crippen molar-refractivity contribution in [1.29, 1.82) is 0 Å². The van der Waals surface area contributed by atoms with Crippen molar-refractivity contribution in [2.24, 2.45) is 0 Å². The molecular formula is C17H21N3O2. The van der Waals surface area contributed by atoms with Gasteiger partial charge in [0.2, 0.25) is 5.95 Å². The van der Waals surface area contributed by atoms with Crippen molar-refractivity contribution < 1.29 is 9.47 Å². The van der Waals surface area contributed by atoms with E-state index in [1.807, 2.05) is 6.92 Å². The number of nitrogens with zero attached hydrogens (tertiary/aromatic N) is 2. The third kappa shape index (κ3) is 3.74. The van der Waals surface area contributed by atoms with Crippen molar-refractivity contribution in [3.63, 3.8) is 0 Å². The minimum Gasteiger partial charge on any atom is -0.488 e. The van der Waals surface area contributed by atoms with Gasteiger partial charge >= 0.3 is 0 Å². The molecule has 5 nitrogen and oxygen atoms in total. The van der Waals surface area contributed by atoms with Crippen LogP contribution in [0.3, 0.4) is 0 Å². The van der Waals surface area contributed by atoms with Crippen LogP contribution in [0.5, 0.6) is 5.75 Å². The lowest BCUT2D eigenvalue weighted by Gasteiger charge is -2.16. The zero-order chi connectivity index (χ0) is 15.4. The van der Waals surface area contributed by atoms with Crippen LogP contribution in [0.4, 0.5) is 5.95 Å². The van der Waals surface area contributed by atoms with Crippen molar-refractivity contribution >= 4 is 5.95 Å². The van der Waals surface area contributed by atoms with E-state index in [1.54, 1.807) is 12.4 Å². The van der Waals surface area contributed by atoms with Crippen LogP contribution in [0.2, 0.25) is 0 Å². The molecule has 0 spiro atoms. The minimum absolute atomic E-state index is 0.149. The Morgan fingerprint density at radius 3 is 2.77 bits per heavy atom. The molecule has 3 rings (SSSR count). The van der Waals surface area contributed by atoms with Gasteiger partial charge in [-0.25, -0.2) is 9.97 Å². The van der Waals surface area contributed by atoms with Gasteiger partial charge in [0.25, 0.3) is 0 Å². The molecular weight excluding hydrogens is 278 g/mol. The number of hydrogen-bond acceptors (Lipinski definition) is 5. The third-order valence-corrected chi connectivity index (χ3v) is 3.62. The molecule has 22 heavy (non-hydrogen) atoms. The monoisotopic (exact) mass is 299 g/mol. The van der Waals surface area contributed by atoms with Crippen LogP contribution in [0.1, 0.15) is 23.1 Å². The highest BCUT2D eigenvalue weighted by Gasteiger charge is 2.18. The molecule has 0 aliphatic carbocycles. The quantitative estimate of drug-likeness (QED) is 0.920. The van der Waals surface area contributed by atoms with Crippen LogP contribution in [-0.4, -0.2) is 29.3 Å². The summed E-state index contributed by atoms with van der Waals surface area (Å²) >= 11 is 0. The van der Waals surface area contributed by atoms with Crippen LogP contribution < -0.4 is 10.1 Å². The van der Waals surface area contributed by atoms with Gasteiger partial charge in [0.05, 0.1) is 13.2 Å². The lowest BCUT2D eigenvalue weighted by atomic mass is 10.1. The smallest absolute Gasteiger partial charge is 0.222 e. The first-order valence-electron chi connectivity index (χ1n) is 7.57. The normalized spacial score (nSPS) is 17.5. The standard InChI is InChI=1S/C17H21N3O2/c1-12-3-4-14(10-20-17-18-8-13(2)9-19-17)16(7-12)22-15-5-6-21-11-15/h3-4,7-9,15H,5-6,10-11H2,1-2H3,(H,18,19,20). The maximum Gasteiger partial charge on any atom is 0.222 e. The predicted octanol–water partition coefficient (Wildman–Crippen LogP) is 2.87. The summed E-state index contributed by atoms with van der Waals surface area (Å²) in [6.07, 6.45) is 4.70. The number of nitrogens with one attached hydrogen (secondary N) is 1. The first-order valence-corrected chi connectivity index (χ1v) is 7.57. The number of rotatable bonds is 5. The molecule has 1 aliphatic heterocycles. The molecule has 0 saturated carbocycles. The van der Waals surface area contributed by atoms with Gasteiger partial charge in [0.15, 0.2) is 0 Å². The Labute approximate surface area is 130 Å². The SMILES string of the molecule is Cc1cnc(NCc2ccc(C)cc2OC2CCOC2)nc1. The van der Waals surface area contributed by atoms with E-state index in [-0.39, 0.29) is 6.10 Å². The van der Waals surface area contributed by atoms with Gasteiger partial charge in [-0.2, -0.15) is 0 Å². The fourth-order valence-corrected chi connectivity index (χ4v) is 2.36. The first kappa shape index (κ1) is 14.8. The van der Waals surface area contributed by atoms with Crippen molar-refractivity contribution in [1.82, 2.24) is 9.97 Å². The molecule has 1 aromatic heterocycles. The summed E-state index contributed by atoms with van der Waals surface area (Å²) in [6, 6.07) is 6.25. The third-order valence-electron chi connectivity index (χ3n) is 3.62. The molecule has 1 fully saturated rings. The summed E-state index contributed by atoms with van der Waals surface area (Å²) in [5.41, 5.74) is 3.33. The van der Waals surface area contributed by atoms with Crippen molar-refractivity contribution in [3.8, 4) is 5.75 Å². The second kappa shape index (κ2) is 6.75. The number of ether oxygens (including phenoxy) is 2. The second-order valence-electron chi connectivity index (χ2n) is 5.65. The molecule has 1 saturated heterocycles. The summed E-state index contributed by atoms with van der Waals surface area (Å²) in [6.45, 7) is 6.12. The van der Waals surface area contributed by atoms with Crippen LogP contribution in [0, 0.1) is 13.8 Å².